The van der Waals surface area contributed by atoms with Gasteiger partial charge in [0.25, 0.3) is 0 Å². The summed E-state index contributed by atoms with van der Waals surface area (Å²) >= 11 is 0. The van der Waals surface area contributed by atoms with Crippen molar-refractivity contribution in [2.75, 3.05) is 0 Å². The Hall–Kier alpha value is -1.89. The lowest BCUT2D eigenvalue weighted by Crippen LogP contribution is -1.89. The minimum absolute atomic E-state index is 0.426. The molecule has 2 aromatic heterocycles. The van der Waals surface area contributed by atoms with Crippen LogP contribution in [0.3, 0.4) is 0 Å². The van der Waals surface area contributed by atoms with Crippen molar-refractivity contribution in [3.63, 3.8) is 0 Å². The fourth-order valence-electron chi connectivity index (χ4n) is 1.10. The first-order valence-electron chi connectivity index (χ1n) is 3.50. The van der Waals surface area contributed by atoms with Crippen LogP contribution in [0.15, 0.2) is 18.3 Å². The summed E-state index contributed by atoms with van der Waals surface area (Å²) in [4.78, 5) is 4.07. The monoisotopic (exact) mass is 158 g/mol. The molecule has 0 fully saturated rings. The quantitative estimate of drug-likeness (QED) is 0.570. The maximum Gasteiger partial charge on any atom is 0.141 e. The zero-order valence-electron chi connectivity index (χ0n) is 6.52. The number of rotatable bonds is 0. The zero-order chi connectivity index (χ0) is 8.55. The minimum atomic E-state index is 0.426. The second kappa shape index (κ2) is 2.31. The lowest BCUT2D eigenvalue weighted by Gasteiger charge is -1.91. The van der Waals surface area contributed by atoms with Gasteiger partial charge in [-0.1, -0.05) is 0 Å². The number of nitrogens with zero attached hydrogens (tertiary/aromatic N) is 4. The standard InChI is InChI=1S/C8H6N4/c1-12-8-3-2-6(4-9)11-7(8)5-10-12/h2-3,5H,1H3. The van der Waals surface area contributed by atoms with Crippen LogP contribution >= 0.6 is 0 Å². The van der Waals surface area contributed by atoms with Gasteiger partial charge in [-0.25, -0.2) is 4.98 Å². The number of aryl methyl sites for hydroxylation is 1. The number of pyridine rings is 1. The van der Waals surface area contributed by atoms with Gasteiger partial charge in [0, 0.05) is 7.05 Å². The van der Waals surface area contributed by atoms with Gasteiger partial charge in [0.05, 0.1) is 11.7 Å². The van der Waals surface area contributed by atoms with Crippen LogP contribution in [-0.2, 0) is 7.05 Å². The molecule has 0 aromatic carbocycles. The van der Waals surface area contributed by atoms with E-state index in [1.165, 1.54) is 0 Å². The molecule has 4 nitrogen and oxygen atoms in total. The smallest absolute Gasteiger partial charge is 0.141 e. The van der Waals surface area contributed by atoms with Crippen LogP contribution < -0.4 is 0 Å². The number of hydrogen-bond donors (Lipinski definition) is 0. The van der Waals surface area contributed by atoms with Crippen molar-refractivity contribution in [3.05, 3.63) is 24.0 Å². The van der Waals surface area contributed by atoms with Gasteiger partial charge in [0.2, 0.25) is 0 Å². The van der Waals surface area contributed by atoms with Crippen LogP contribution in [0.2, 0.25) is 0 Å². The van der Waals surface area contributed by atoms with Crippen molar-refractivity contribution in [3.8, 4) is 6.07 Å². The lowest BCUT2D eigenvalue weighted by atomic mass is 10.3. The Labute approximate surface area is 69.1 Å². The number of aromatic nitrogens is 3. The van der Waals surface area contributed by atoms with Crippen LogP contribution in [0.4, 0.5) is 0 Å². The van der Waals surface area contributed by atoms with E-state index in [0.717, 1.165) is 11.0 Å². The van der Waals surface area contributed by atoms with Gasteiger partial charge >= 0.3 is 0 Å². The molecule has 0 bridgehead atoms. The highest BCUT2D eigenvalue weighted by atomic mass is 15.3. The summed E-state index contributed by atoms with van der Waals surface area (Å²) in [7, 11) is 1.84. The van der Waals surface area contributed by atoms with Crippen LogP contribution in [0.25, 0.3) is 11.0 Å². The van der Waals surface area contributed by atoms with E-state index in [1.807, 2.05) is 19.2 Å². The minimum Gasteiger partial charge on any atom is -0.266 e. The molecule has 0 amide bonds. The molecule has 0 aliphatic heterocycles. The molecule has 0 saturated heterocycles. The van der Waals surface area contributed by atoms with Crippen LogP contribution in [0.1, 0.15) is 5.69 Å². The number of hydrogen-bond acceptors (Lipinski definition) is 3. The van der Waals surface area contributed by atoms with Gasteiger partial charge < -0.3 is 0 Å². The molecule has 0 spiro atoms. The SMILES string of the molecule is Cn1ncc2nc(C#N)ccc21. The highest BCUT2D eigenvalue weighted by Crippen LogP contribution is 2.09. The first-order chi connectivity index (χ1) is 5.81. The van der Waals surface area contributed by atoms with Crippen LogP contribution in [-0.4, -0.2) is 14.8 Å². The Kier molecular flexibility index (Phi) is 1.31. The summed E-state index contributed by atoms with van der Waals surface area (Å²) in [5.41, 5.74) is 2.13. The van der Waals surface area contributed by atoms with E-state index in [1.54, 1.807) is 16.9 Å². The predicted molar refractivity (Wildman–Crippen MR) is 43.2 cm³/mol. The van der Waals surface area contributed by atoms with Crippen LogP contribution in [0, 0.1) is 11.3 Å². The zero-order valence-corrected chi connectivity index (χ0v) is 6.52. The summed E-state index contributed by atoms with van der Waals surface area (Å²) in [6, 6.07) is 5.51. The van der Waals surface area contributed by atoms with Crippen LogP contribution in [0.5, 0.6) is 0 Å². The fourth-order valence-corrected chi connectivity index (χ4v) is 1.10. The topological polar surface area (TPSA) is 54.5 Å². The van der Waals surface area contributed by atoms with Crippen molar-refractivity contribution in [2.24, 2.45) is 7.05 Å². The third-order valence-electron chi connectivity index (χ3n) is 1.72. The van der Waals surface area contributed by atoms with Gasteiger partial charge in [-0.05, 0) is 12.1 Å². The molecule has 0 atom stereocenters. The van der Waals surface area contributed by atoms with Gasteiger partial charge in [-0.15, -0.1) is 0 Å². The molecular formula is C8H6N4. The Morgan fingerprint density at radius 2 is 2.33 bits per heavy atom. The molecule has 2 rings (SSSR count). The number of fused-ring (bicyclic) bond motifs is 1. The average molecular weight is 158 g/mol. The molecule has 0 saturated carbocycles. The molecule has 2 aromatic rings. The third kappa shape index (κ3) is 0.839. The normalized spacial score (nSPS) is 10.0. The third-order valence-corrected chi connectivity index (χ3v) is 1.72. The highest BCUT2D eigenvalue weighted by Gasteiger charge is 2.00. The first kappa shape index (κ1) is 6.80. The molecule has 0 aliphatic carbocycles. The van der Waals surface area contributed by atoms with Crippen molar-refractivity contribution in [1.82, 2.24) is 14.8 Å². The molecule has 0 unspecified atom stereocenters. The van der Waals surface area contributed by atoms with Gasteiger partial charge in [-0.2, -0.15) is 10.4 Å². The lowest BCUT2D eigenvalue weighted by molar-refractivity contribution is 0.797. The maximum atomic E-state index is 8.56. The van der Waals surface area contributed by atoms with E-state index >= 15 is 0 Å². The summed E-state index contributed by atoms with van der Waals surface area (Å²) in [5, 5.41) is 12.6. The Morgan fingerprint density at radius 1 is 1.50 bits per heavy atom. The summed E-state index contributed by atoms with van der Waals surface area (Å²) < 4.78 is 1.73. The molecule has 2 heterocycles. The Morgan fingerprint density at radius 3 is 3.08 bits per heavy atom. The molecule has 0 aliphatic rings. The molecule has 12 heavy (non-hydrogen) atoms. The fraction of sp³-hybridized carbons (Fsp3) is 0.125. The second-order valence-corrected chi connectivity index (χ2v) is 2.48. The second-order valence-electron chi connectivity index (χ2n) is 2.48. The summed E-state index contributed by atoms with van der Waals surface area (Å²) in [5.74, 6) is 0. The van der Waals surface area contributed by atoms with E-state index in [2.05, 4.69) is 10.1 Å². The summed E-state index contributed by atoms with van der Waals surface area (Å²) in [6.45, 7) is 0. The number of nitriles is 1. The van der Waals surface area contributed by atoms with Crippen molar-refractivity contribution in [2.45, 2.75) is 0 Å². The molecule has 0 N–H and O–H groups in total. The van der Waals surface area contributed by atoms with Gasteiger partial charge in [0.15, 0.2) is 0 Å². The van der Waals surface area contributed by atoms with Crippen molar-refractivity contribution in [1.29, 1.82) is 5.26 Å². The van der Waals surface area contributed by atoms with Gasteiger partial charge in [0.1, 0.15) is 17.3 Å². The molecule has 58 valence electrons. The van der Waals surface area contributed by atoms with E-state index in [-0.39, 0.29) is 0 Å². The van der Waals surface area contributed by atoms with Crippen molar-refractivity contribution < 1.29 is 0 Å². The Balaban J connectivity index is 2.80. The average Bonchev–Trinajstić information content (AvgIpc) is 2.47. The van der Waals surface area contributed by atoms with Crippen molar-refractivity contribution >= 4 is 11.0 Å². The highest BCUT2D eigenvalue weighted by molar-refractivity contribution is 5.74. The molecule has 4 heteroatoms. The Bertz CT molecular complexity index is 463. The summed E-state index contributed by atoms with van der Waals surface area (Å²) in [6.07, 6.45) is 1.65. The van der Waals surface area contributed by atoms with E-state index in [4.69, 9.17) is 5.26 Å². The molecule has 0 radical (unpaired) electrons. The predicted octanol–water partition coefficient (Wildman–Crippen LogP) is 0.840. The van der Waals surface area contributed by atoms with E-state index < -0.39 is 0 Å². The van der Waals surface area contributed by atoms with E-state index in [0.29, 0.717) is 5.69 Å². The maximum absolute atomic E-state index is 8.56. The molecular weight excluding hydrogens is 152 g/mol. The largest absolute Gasteiger partial charge is 0.266 e. The van der Waals surface area contributed by atoms with E-state index in [9.17, 15) is 0 Å². The van der Waals surface area contributed by atoms with Gasteiger partial charge in [-0.3, -0.25) is 4.68 Å². The first-order valence-corrected chi connectivity index (χ1v) is 3.50.